The predicted molar refractivity (Wildman–Crippen MR) is 95.7 cm³/mol. The molecule has 0 aliphatic heterocycles. The monoisotopic (exact) mass is 358 g/mol. The largest absolute Gasteiger partial charge is 0.493 e. The van der Waals surface area contributed by atoms with Crippen LogP contribution in [0.3, 0.4) is 0 Å². The third-order valence-corrected chi connectivity index (χ3v) is 3.60. The van der Waals surface area contributed by atoms with Crippen molar-refractivity contribution in [1.29, 1.82) is 0 Å². The molecule has 0 heterocycles. The number of ether oxygens (including phenoxy) is 4. The number of methoxy groups -OCH3 is 2. The Morgan fingerprint density at radius 2 is 1.00 bits per heavy atom. The number of rotatable bonds is 9. The molecule has 0 atom stereocenters. The lowest BCUT2D eigenvalue weighted by atomic mass is 10.2. The van der Waals surface area contributed by atoms with E-state index in [0.29, 0.717) is 35.8 Å². The fourth-order valence-corrected chi connectivity index (χ4v) is 2.29. The molecule has 0 amide bonds. The maximum Gasteiger partial charge on any atom is 0.311 e. The summed E-state index contributed by atoms with van der Waals surface area (Å²) in [5.41, 5.74) is 0. The summed E-state index contributed by atoms with van der Waals surface area (Å²) in [5.74, 6) is 1.04. The van der Waals surface area contributed by atoms with Crippen LogP contribution in [0.15, 0.2) is 48.5 Å². The molecule has 26 heavy (non-hydrogen) atoms. The topological polar surface area (TPSA) is 71.1 Å². The Morgan fingerprint density at radius 3 is 1.35 bits per heavy atom. The van der Waals surface area contributed by atoms with E-state index in [9.17, 15) is 9.59 Å². The maximum atomic E-state index is 11.9. The van der Waals surface area contributed by atoms with Gasteiger partial charge in [0.05, 0.1) is 14.2 Å². The molecule has 0 aliphatic carbocycles. The van der Waals surface area contributed by atoms with Crippen molar-refractivity contribution in [3.05, 3.63) is 48.5 Å². The Balaban J connectivity index is 1.71. The third kappa shape index (κ3) is 5.81. The van der Waals surface area contributed by atoms with Gasteiger partial charge >= 0.3 is 11.9 Å². The molecule has 0 aromatic heterocycles. The fraction of sp³-hybridized carbons (Fsp3) is 0.300. The smallest absolute Gasteiger partial charge is 0.311 e. The standard InChI is InChI=1S/C20H22O6/c1-23-15-9-3-5-11-17(15)25-19(21)13-7-8-14-20(22)26-18-12-6-4-10-16(18)24-2/h3-6,9-12H,7-8,13-14H2,1-2H3. The van der Waals surface area contributed by atoms with Crippen molar-refractivity contribution in [2.75, 3.05) is 14.2 Å². The second kappa shape index (κ2) is 10.1. The molecule has 0 bridgehead atoms. The lowest BCUT2D eigenvalue weighted by Crippen LogP contribution is -2.10. The van der Waals surface area contributed by atoms with Crippen LogP contribution in [-0.2, 0) is 9.59 Å². The fourth-order valence-electron chi connectivity index (χ4n) is 2.29. The Morgan fingerprint density at radius 1 is 0.654 bits per heavy atom. The Bertz CT molecular complexity index is 677. The van der Waals surface area contributed by atoms with E-state index in [1.54, 1.807) is 48.5 Å². The van der Waals surface area contributed by atoms with E-state index in [0.717, 1.165) is 0 Å². The first-order valence-corrected chi connectivity index (χ1v) is 8.31. The van der Waals surface area contributed by atoms with E-state index in [1.165, 1.54) is 14.2 Å². The zero-order valence-corrected chi connectivity index (χ0v) is 14.9. The lowest BCUT2D eigenvalue weighted by molar-refractivity contribution is -0.136. The van der Waals surface area contributed by atoms with Crippen LogP contribution in [0.5, 0.6) is 23.0 Å². The van der Waals surface area contributed by atoms with Crippen LogP contribution in [0.25, 0.3) is 0 Å². The highest BCUT2D eigenvalue weighted by Crippen LogP contribution is 2.27. The van der Waals surface area contributed by atoms with E-state index in [4.69, 9.17) is 18.9 Å². The minimum absolute atomic E-state index is 0.208. The van der Waals surface area contributed by atoms with Crippen LogP contribution in [0, 0.1) is 0 Å². The normalized spacial score (nSPS) is 10.1. The van der Waals surface area contributed by atoms with Gasteiger partial charge in [-0.3, -0.25) is 9.59 Å². The van der Waals surface area contributed by atoms with Gasteiger partial charge in [-0.25, -0.2) is 0 Å². The highest BCUT2D eigenvalue weighted by Gasteiger charge is 2.12. The molecule has 2 rings (SSSR count). The summed E-state index contributed by atoms with van der Waals surface area (Å²) in [5, 5.41) is 0. The number of carbonyl (C=O) groups is 2. The molecule has 2 aromatic rings. The molecule has 0 spiro atoms. The van der Waals surface area contributed by atoms with Crippen molar-refractivity contribution >= 4 is 11.9 Å². The number of benzene rings is 2. The quantitative estimate of drug-likeness (QED) is 0.386. The maximum absolute atomic E-state index is 11.9. The molecule has 0 N–H and O–H groups in total. The van der Waals surface area contributed by atoms with E-state index in [1.807, 2.05) is 0 Å². The zero-order chi connectivity index (χ0) is 18.8. The molecule has 0 aliphatic rings. The van der Waals surface area contributed by atoms with Gasteiger partial charge in [-0.1, -0.05) is 24.3 Å². The van der Waals surface area contributed by atoms with E-state index < -0.39 is 0 Å². The predicted octanol–water partition coefficient (Wildman–Crippen LogP) is 3.78. The summed E-state index contributed by atoms with van der Waals surface area (Å²) in [6.45, 7) is 0. The van der Waals surface area contributed by atoms with Crippen molar-refractivity contribution in [1.82, 2.24) is 0 Å². The van der Waals surface area contributed by atoms with Crippen LogP contribution in [0.4, 0.5) is 0 Å². The van der Waals surface area contributed by atoms with Crippen LogP contribution in [0.1, 0.15) is 25.7 Å². The summed E-state index contributed by atoms with van der Waals surface area (Å²) in [6, 6.07) is 13.9. The molecule has 0 saturated carbocycles. The average Bonchev–Trinajstić information content (AvgIpc) is 2.66. The van der Waals surface area contributed by atoms with Crippen molar-refractivity contribution < 1.29 is 28.5 Å². The van der Waals surface area contributed by atoms with Gasteiger partial charge in [-0.05, 0) is 37.1 Å². The Hall–Kier alpha value is -3.02. The van der Waals surface area contributed by atoms with Gasteiger partial charge in [-0.15, -0.1) is 0 Å². The average molecular weight is 358 g/mol. The van der Waals surface area contributed by atoms with Crippen molar-refractivity contribution in [2.45, 2.75) is 25.7 Å². The molecule has 6 heteroatoms. The highest BCUT2D eigenvalue weighted by atomic mass is 16.6. The number of esters is 2. The summed E-state index contributed by atoms with van der Waals surface area (Å²) < 4.78 is 20.8. The number of hydrogen-bond acceptors (Lipinski definition) is 6. The lowest BCUT2D eigenvalue weighted by Gasteiger charge is -2.09. The Labute approximate surface area is 152 Å². The van der Waals surface area contributed by atoms with Gasteiger partial charge in [0.25, 0.3) is 0 Å². The van der Waals surface area contributed by atoms with Gasteiger partial charge in [-0.2, -0.15) is 0 Å². The van der Waals surface area contributed by atoms with Gasteiger partial charge in [0.1, 0.15) is 0 Å². The zero-order valence-electron chi connectivity index (χ0n) is 14.9. The van der Waals surface area contributed by atoms with Gasteiger partial charge in [0, 0.05) is 12.8 Å². The van der Waals surface area contributed by atoms with Gasteiger partial charge in [0.15, 0.2) is 23.0 Å². The molecule has 0 radical (unpaired) electrons. The molecule has 2 aromatic carbocycles. The number of hydrogen-bond donors (Lipinski definition) is 0. The van der Waals surface area contributed by atoms with E-state index >= 15 is 0 Å². The van der Waals surface area contributed by atoms with Gasteiger partial charge < -0.3 is 18.9 Å². The summed E-state index contributed by atoms with van der Waals surface area (Å²) in [6.07, 6.45) is 1.46. The van der Waals surface area contributed by atoms with Crippen LogP contribution >= 0.6 is 0 Å². The number of unbranched alkanes of at least 4 members (excludes halogenated alkanes) is 1. The number of para-hydroxylation sites is 4. The molecule has 0 fully saturated rings. The summed E-state index contributed by atoms with van der Waals surface area (Å²) in [7, 11) is 3.03. The first kappa shape index (κ1) is 19.3. The van der Waals surface area contributed by atoms with Crippen LogP contribution in [-0.4, -0.2) is 26.2 Å². The first-order valence-electron chi connectivity index (χ1n) is 8.31. The molecule has 0 saturated heterocycles. The minimum Gasteiger partial charge on any atom is -0.493 e. The molecular weight excluding hydrogens is 336 g/mol. The summed E-state index contributed by atoms with van der Waals surface area (Å²) >= 11 is 0. The molecule has 0 unspecified atom stereocenters. The SMILES string of the molecule is COc1ccccc1OC(=O)CCCCC(=O)Oc1ccccc1OC. The second-order valence-electron chi connectivity index (χ2n) is 5.46. The molecular formula is C20H22O6. The number of carbonyl (C=O) groups excluding carboxylic acids is 2. The third-order valence-electron chi connectivity index (χ3n) is 3.60. The minimum atomic E-state index is -0.368. The van der Waals surface area contributed by atoms with Crippen molar-refractivity contribution in [3.8, 4) is 23.0 Å². The van der Waals surface area contributed by atoms with Crippen LogP contribution in [0.2, 0.25) is 0 Å². The molecule has 6 nitrogen and oxygen atoms in total. The van der Waals surface area contributed by atoms with Gasteiger partial charge in [0.2, 0.25) is 0 Å². The van der Waals surface area contributed by atoms with Crippen molar-refractivity contribution in [2.24, 2.45) is 0 Å². The van der Waals surface area contributed by atoms with E-state index in [-0.39, 0.29) is 24.8 Å². The van der Waals surface area contributed by atoms with Crippen molar-refractivity contribution in [3.63, 3.8) is 0 Å². The second-order valence-corrected chi connectivity index (χ2v) is 5.46. The Kier molecular flexibility index (Phi) is 7.49. The summed E-state index contributed by atoms with van der Waals surface area (Å²) in [4.78, 5) is 23.8. The molecule has 138 valence electrons. The van der Waals surface area contributed by atoms with Crippen LogP contribution < -0.4 is 18.9 Å². The first-order chi connectivity index (χ1) is 12.6. The van der Waals surface area contributed by atoms with E-state index in [2.05, 4.69) is 0 Å². The highest BCUT2D eigenvalue weighted by molar-refractivity contribution is 5.74.